The molecular weight excluding hydrogens is 981 g/mol. The van der Waals surface area contributed by atoms with Crippen LogP contribution < -0.4 is 19.3 Å². The number of aliphatic hydroxyl groups excluding tert-OH is 1. The number of methoxy groups -OCH3 is 2. The molecule has 4 aliphatic heterocycles. The molecule has 4 saturated heterocycles. The molecule has 10 rings (SSSR count). The van der Waals surface area contributed by atoms with E-state index in [2.05, 4.69) is 33.4 Å². The Morgan fingerprint density at radius 2 is 0.932 bits per heavy atom. The number of aliphatic hydroxyl groups is 2. The monoisotopic (exact) mass is 1050 g/mol. The zero-order valence-electron chi connectivity index (χ0n) is 42.7. The minimum Gasteiger partial charge on any atom is -0.497 e. The van der Waals surface area contributed by atoms with Crippen LogP contribution in [0, 0.1) is 11.8 Å². The van der Waals surface area contributed by atoms with E-state index in [-0.39, 0.29) is 40.3 Å². The van der Waals surface area contributed by atoms with Gasteiger partial charge in [0.1, 0.15) is 34.8 Å². The molecule has 0 saturated carbocycles. The summed E-state index contributed by atoms with van der Waals surface area (Å²) in [4.78, 5) is 30.2. The highest BCUT2D eigenvalue weighted by Gasteiger charge is 2.47. The molecule has 0 spiro atoms. The van der Waals surface area contributed by atoms with Gasteiger partial charge in [0.15, 0.2) is 0 Å². The first-order chi connectivity index (χ1) is 35.7. The first-order valence-corrected chi connectivity index (χ1v) is 28.7. The number of para-hydroxylation sites is 2. The summed E-state index contributed by atoms with van der Waals surface area (Å²) in [6.07, 6.45) is 3.09. The van der Waals surface area contributed by atoms with Crippen molar-refractivity contribution in [1.82, 2.24) is 38.3 Å². The number of rotatable bonds is 15. The Bertz CT molecular complexity index is 2950. The fraction of sp³-hybridized carbons (Fsp3) is 0.481. The number of anilines is 2. The van der Waals surface area contributed by atoms with Gasteiger partial charge in [-0.2, -0.15) is 8.61 Å². The number of hydrogen-bond acceptors (Lipinski definition) is 16. The van der Waals surface area contributed by atoms with Gasteiger partial charge in [-0.1, -0.05) is 24.3 Å². The van der Waals surface area contributed by atoms with Crippen molar-refractivity contribution in [1.29, 1.82) is 0 Å². The quantitative estimate of drug-likeness (QED) is 0.129. The van der Waals surface area contributed by atoms with Crippen molar-refractivity contribution < 1.29 is 36.5 Å². The fourth-order valence-corrected chi connectivity index (χ4v) is 14.4. The zero-order valence-corrected chi connectivity index (χ0v) is 44.3. The summed E-state index contributed by atoms with van der Waals surface area (Å²) >= 11 is 0. The molecule has 6 aromatic rings. The van der Waals surface area contributed by atoms with E-state index in [9.17, 15) is 27.0 Å². The van der Waals surface area contributed by atoms with Crippen LogP contribution in [0.3, 0.4) is 0 Å². The van der Waals surface area contributed by atoms with E-state index in [1.54, 1.807) is 62.8 Å². The Morgan fingerprint density at radius 3 is 1.30 bits per heavy atom. The van der Waals surface area contributed by atoms with Crippen molar-refractivity contribution in [2.45, 2.75) is 67.0 Å². The van der Waals surface area contributed by atoms with Crippen molar-refractivity contribution in [3.63, 3.8) is 0 Å². The van der Waals surface area contributed by atoms with E-state index in [1.807, 2.05) is 48.5 Å². The molecule has 4 aromatic carbocycles. The minimum absolute atomic E-state index is 0.200. The molecule has 4 unspecified atom stereocenters. The lowest BCUT2D eigenvalue weighted by Gasteiger charge is -2.48. The predicted molar refractivity (Wildman–Crippen MR) is 284 cm³/mol. The number of hydrogen-bond donors (Lipinski definition) is 2. The van der Waals surface area contributed by atoms with E-state index in [4.69, 9.17) is 29.4 Å². The Kier molecular flexibility index (Phi) is 15.1. The second kappa shape index (κ2) is 21.6. The summed E-state index contributed by atoms with van der Waals surface area (Å²) in [5.74, 6) is 3.57. The summed E-state index contributed by atoms with van der Waals surface area (Å²) in [6.45, 7) is 9.60. The van der Waals surface area contributed by atoms with Crippen molar-refractivity contribution in [3.05, 3.63) is 109 Å². The third kappa shape index (κ3) is 10.1. The number of nitrogens with zero attached hydrogens (tertiary/aromatic N) is 10. The maximum atomic E-state index is 13.6. The van der Waals surface area contributed by atoms with E-state index >= 15 is 0 Å². The van der Waals surface area contributed by atoms with Gasteiger partial charge < -0.3 is 29.5 Å². The summed E-state index contributed by atoms with van der Waals surface area (Å²) in [6, 6.07) is 28.6. The molecule has 0 amide bonds. The highest BCUT2D eigenvalue weighted by atomic mass is 32.2. The van der Waals surface area contributed by atoms with Crippen LogP contribution in [0.1, 0.15) is 63.3 Å². The molecular formula is C54H68N10O8S2. The number of piperazine rings is 2. The van der Waals surface area contributed by atoms with Crippen LogP contribution in [0.2, 0.25) is 0 Å². The maximum absolute atomic E-state index is 13.6. The summed E-state index contributed by atoms with van der Waals surface area (Å²) in [5, 5.41) is 26.1. The molecule has 0 bridgehead atoms. The molecule has 20 heteroatoms. The second-order valence-corrected chi connectivity index (χ2v) is 24.0. The van der Waals surface area contributed by atoms with Gasteiger partial charge in [-0.15, -0.1) is 0 Å². The van der Waals surface area contributed by atoms with E-state index in [1.165, 1.54) is 8.61 Å². The van der Waals surface area contributed by atoms with Crippen LogP contribution in [-0.4, -0.2) is 170 Å². The standard InChI is InChI=1S/C54H68N10O8S2/c1-38(59-27-31-63(32-28-59)73(67,68)44-21-17-42(71-3)18-22-44)50-55-48-15-7-5-13-46(48)52(57-50)61-25-9-11-40(35-61)54(66,37-65)41-12-10-26-62(36-41)53-47-14-6-8-16-49(47)56-51(58-53)39(2)60-29-33-64(34-30-60)74(69,70)45-23-19-43(72-4)20-24-45/h5-8,13-24,38-41,65-66H,9-12,25-37H2,1-4H3. The molecule has 4 atom stereocenters. The average molecular weight is 1050 g/mol. The normalized spacial score (nSPS) is 21.9. The molecule has 6 heterocycles. The number of benzene rings is 4. The highest BCUT2D eigenvalue weighted by Crippen LogP contribution is 2.41. The molecule has 0 aliphatic carbocycles. The molecule has 2 aromatic heterocycles. The summed E-state index contributed by atoms with van der Waals surface area (Å²) in [5.41, 5.74) is 0.230. The molecule has 4 fully saturated rings. The second-order valence-electron chi connectivity index (χ2n) is 20.1. The van der Waals surface area contributed by atoms with E-state index in [0.717, 1.165) is 72.2 Å². The van der Waals surface area contributed by atoms with E-state index < -0.39 is 25.6 Å². The van der Waals surface area contributed by atoms with Crippen molar-refractivity contribution >= 4 is 53.5 Å². The molecule has 0 radical (unpaired) electrons. The largest absolute Gasteiger partial charge is 0.497 e. The van der Waals surface area contributed by atoms with Crippen LogP contribution in [0.4, 0.5) is 11.6 Å². The third-order valence-electron chi connectivity index (χ3n) is 16.1. The van der Waals surface area contributed by atoms with Crippen molar-refractivity contribution in [2.75, 3.05) is 109 Å². The predicted octanol–water partition coefficient (Wildman–Crippen LogP) is 5.58. The van der Waals surface area contributed by atoms with Gasteiger partial charge >= 0.3 is 0 Å². The van der Waals surface area contributed by atoms with Crippen LogP contribution >= 0.6 is 0 Å². The van der Waals surface area contributed by atoms with Gasteiger partial charge in [0.2, 0.25) is 20.0 Å². The number of ether oxygens (including phenoxy) is 2. The number of sulfonamides is 2. The zero-order chi connectivity index (χ0) is 51.8. The third-order valence-corrected chi connectivity index (χ3v) is 19.9. The van der Waals surface area contributed by atoms with Gasteiger partial charge in [0.25, 0.3) is 0 Å². The van der Waals surface area contributed by atoms with Crippen LogP contribution in [0.15, 0.2) is 107 Å². The van der Waals surface area contributed by atoms with E-state index in [0.29, 0.717) is 88.6 Å². The van der Waals surface area contributed by atoms with Crippen molar-refractivity contribution in [2.24, 2.45) is 11.8 Å². The van der Waals surface area contributed by atoms with Gasteiger partial charge in [-0.25, -0.2) is 36.8 Å². The number of piperidine rings is 2. The Labute approximate surface area is 434 Å². The maximum Gasteiger partial charge on any atom is 0.243 e. The lowest BCUT2D eigenvalue weighted by molar-refractivity contribution is -0.111. The van der Waals surface area contributed by atoms with Crippen molar-refractivity contribution in [3.8, 4) is 11.5 Å². The summed E-state index contributed by atoms with van der Waals surface area (Å²) in [7, 11) is -4.25. The Morgan fingerprint density at radius 1 is 0.554 bits per heavy atom. The van der Waals surface area contributed by atoms with Crippen LogP contribution in [-0.2, 0) is 20.0 Å². The van der Waals surface area contributed by atoms with Gasteiger partial charge in [0, 0.05) is 101 Å². The number of aromatic nitrogens is 4. The number of fused-ring (bicyclic) bond motifs is 2. The lowest BCUT2D eigenvalue weighted by atomic mass is 9.71. The Balaban J connectivity index is 0.840. The van der Waals surface area contributed by atoms with Gasteiger partial charge in [-0.05, 0) is 112 Å². The molecule has 74 heavy (non-hydrogen) atoms. The SMILES string of the molecule is COc1ccc(S(=O)(=O)N2CCN(C(C)c3nc(N4CCCC(C(O)(CO)C5CCCN(c6nc(C(C)N7CCN(S(=O)(=O)c8ccc(OC)cc8)CC7)nc7ccccc67)C5)C4)c4ccccc4n3)CC2)cc1. The van der Waals surface area contributed by atoms with Crippen LogP contribution in [0.25, 0.3) is 21.8 Å². The van der Waals surface area contributed by atoms with Gasteiger partial charge in [-0.3, -0.25) is 9.80 Å². The Hall–Kier alpha value is -5.58. The minimum atomic E-state index is -3.68. The molecule has 394 valence electrons. The summed E-state index contributed by atoms with van der Waals surface area (Å²) < 4.78 is 67.9. The smallest absolute Gasteiger partial charge is 0.243 e. The van der Waals surface area contributed by atoms with Crippen LogP contribution in [0.5, 0.6) is 11.5 Å². The first-order valence-electron chi connectivity index (χ1n) is 25.8. The lowest BCUT2D eigenvalue weighted by Crippen LogP contribution is -2.58. The highest BCUT2D eigenvalue weighted by molar-refractivity contribution is 7.89. The fourth-order valence-electron chi connectivity index (χ4n) is 11.5. The molecule has 4 aliphatic rings. The molecule has 18 nitrogen and oxygen atoms in total. The first kappa shape index (κ1) is 51.9. The topological polar surface area (TPSA) is 198 Å². The van der Waals surface area contributed by atoms with Gasteiger partial charge in [0.05, 0.1) is 59.3 Å². The molecule has 2 N–H and O–H groups in total. The average Bonchev–Trinajstić information content (AvgIpc) is 3.46.